The quantitative estimate of drug-likeness (QED) is 0.519. The molecule has 8 heteroatoms. The van der Waals surface area contributed by atoms with E-state index < -0.39 is 42.2 Å². The van der Waals surface area contributed by atoms with Crippen LogP contribution in [0.1, 0.15) is 40.5 Å². The van der Waals surface area contributed by atoms with Crippen molar-refractivity contribution in [2.75, 3.05) is 6.61 Å². The van der Waals surface area contributed by atoms with Crippen molar-refractivity contribution >= 4 is 23.9 Å². The molecule has 1 aliphatic rings. The first kappa shape index (κ1) is 18.9. The molecule has 0 amide bonds. The highest BCUT2D eigenvalue weighted by atomic mass is 16.6. The Labute approximate surface area is 134 Å². The van der Waals surface area contributed by atoms with Crippen molar-refractivity contribution in [1.29, 1.82) is 0 Å². The standard InChI is InChI=1S/C15H22O8/c1-8(16)20-6-5-12-7-13(21-9(2)17)15(23-11(4)19)14(12)22-10(3)18/h12-15H,5-7H2,1-4H3/t12-,13-,14+,15-/m0/s1. The van der Waals surface area contributed by atoms with Crippen LogP contribution in [0.2, 0.25) is 0 Å². The van der Waals surface area contributed by atoms with E-state index >= 15 is 0 Å². The summed E-state index contributed by atoms with van der Waals surface area (Å²) in [6.45, 7) is 5.14. The van der Waals surface area contributed by atoms with E-state index in [2.05, 4.69) is 0 Å². The summed E-state index contributed by atoms with van der Waals surface area (Å²) in [7, 11) is 0. The minimum Gasteiger partial charge on any atom is -0.466 e. The Morgan fingerprint density at radius 3 is 1.78 bits per heavy atom. The lowest BCUT2D eigenvalue weighted by Crippen LogP contribution is -2.40. The number of esters is 4. The van der Waals surface area contributed by atoms with Crippen LogP contribution in [0.3, 0.4) is 0 Å². The van der Waals surface area contributed by atoms with Gasteiger partial charge in [-0.05, 0) is 12.8 Å². The van der Waals surface area contributed by atoms with Gasteiger partial charge in [-0.1, -0.05) is 0 Å². The first-order valence-corrected chi connectivity index (χ1v) is 7.35. The van der Waals surface area contributed by atoms with Crippen LogP contribution in [0.4, 0.5) is 0 Å². The largest absolute Gasteiger partial charge is 0.466 e. The van der Waals surface area contributed by atoms with Crippen LogP contribution in [0.15, 0.2) is 0 Å². The third-order valence-corrected chi connectivity index (χ3v) is 3.41. The molecule has 130 valence electrons. The van der Waals surface area contributed by atoms with E-state index in [0.29, 0.717) is 12.8 Å². The summed E-state index contributed by atoms with van der Waals surface area (Å²) in [6, 6.07) is 0. The van der Waals surface area contributed by atoms with E-state index in [1.165, 1.54) is 27.7 Å². The average molecular weight is 330 g/mol. The maximum atomic E-state index is 11.3. The van der Waals surface area contributed by atoms with Crippen LogP contribution < -0.4 is 0 Å². The van der Waals surface area contributed by atoms with E-state index in [0.717, 1.165) is 0 Å². The van der Waals surface area contributed by atoms with Crippen molar-refractivity contribution in [3.63, 3.8) is 0 Å². The van der Waals surface area contributed by atoms with Crippen LogP contribution in [-0.2, 0) is 38.1 Å². The lowest BCUT2D eigenvalue weighted by Gasteiger charge is -2.25. The predicted octanol–water partition coefficient (Wildman–Crippen LogP) is 0.755. The molecule has 0 spiro atoms. The molecule has 1 aliphatic carbocycles. The number of hydrogen-bond donors (Lipinski definition) is 0. The van der Waals surface area contributed by atoms with Crippen LogP contribution in [0, 0.1) is 5.92 Å². The molecule has 8 nitrogen and oxygen atoms in total. The van der Waals surface area contributed by atoms with Crippen LogP contribution in [0.5, 0.6) is 0 Å². The monoisotopic (exact) mass is 330 g/mol. The number of carbonyl (C=O) groups excluding carboxylic acids is 4. The summed E-state index contributed by atoms with van der Waals surface area (Å²) in [4.78, 5) is 44.7. The fourth-order valence-electron chi connectivity index (χ4n) is 2.70. The first-order valence-electron chi connectivity index (χ1n) is 7.35. The lowest BCUT2D eigenvalue weighted by molar-refractivity contribution is -0.175. The Morgan fingerprint density at radius 2 is 1.30 bits per heavy atom. The van der Waals surface area contributed by atoms with E-state index in [-0.39, 0.29) is 12.5 Å². The molecule has 4 atom stereocenters. The molecule has 0 unspecified atom stereocenters. The Morgan fingerprint density at radius 1 is 0.783 bits per heavy atom. The molecule has 0 aromatic rings. The number of ether oxygens (including phenoxy) is 4. The highest BCUT2D eigenvalue weighted by molar-refractivity contribution is 5.68. The summed E-state index contributed by atoms with van der Waals surface area (Å²) in [5.74, 6) is -2.29. The van der Waals surface area contributed by atoms with Crippen molar-refractivity contribution < 1.29 is 38.1 Å². The van der Waals surface area contributed by atoms with Gasteiger partial charge in [-0.3, -0.25) is 19.2 Å². The Hall–Kier alpha value is -2.12. The summed E-state index contributed by atoms with van der Waals surface area (Å²) in [6.07, 6.45) is -1.59. The van der Waals surface area contributed by atoms with Crippen molar-refractivity contribution in [3.8, 4) is 0 Å². The SMILES string of the molecule is CC(=O)OCC[C@H]1C[C@H](OC(C)=O)[C@H](OC(C)=O)[C@@H]1OC(C)=O. The highest BCUT2D eigenvalue weighted by Gasteiger charge is 2.49. The Bertz CT molecular complexity index is 472. The molecule has 0 aromatic heterocycles. The Balaban J connectivity index is 2.88. The molecule has 0 radical (unpaired) electrons. The summed E-state index contributed by atoms with van der Waals surface area (Å²) < 4.78 is 20.5. The maximum absolute atomic E-state index is 11.3. The molecule has 1 rings (SSSR count). The van der Waals surface area contributed by atoms with Crippen LogP contribution in [-0.4, -0.2) is 48.8 Å². The second kappa shape index (κ2) is 8.50. The van der Waals surface area contributed by atoms with Crippen molar-refractivity contribution in [2.45, 2.75) is 58.8 Å². The third kappa shape index (κ3) is 6.25. The second-order valence-corrected chi connectivity index (χ2v) is 5.42. The van der Waals surface area contributed by atoms with Crippen LogP contribution >= 0.6 is 0 Å². The lowest BCUT2D eigenvalue weighted by atomic mass is 10.0. The zero-order valence-corrected chi connectivity index (χ0v) is 13.7. The van der Waals surface area contributed by atoms with Gasteiger partial charge in [-0.2, -0.15) is 0 Å². The van der Waals surface area contributed by atoms with Crippen molar-refractivity contribution in [3.05, 3.63) is 0 Å². The predicted molar refractivity (Wildman–Crippen MR) is 76.0 cm³/mol. The molecule has 0 aliphatic heterocycles. The average Bonchev–Trinajstić information content (AvgIpc) is 2.66. The fraction of sp³-hybridized carbons (Fsp3) is 0.733. The molecule has 23 heavy (non-hydrogen) atoms. The van der Waals surface area contributed by atoms with Gasteiger partial charge in [0.25, 0.3) is 0 Å². The van der Waals surface area contributed by atoms with Gasteiger partial charge in [0.15, 0.2) is 6.10 Å². The molecule has 1 saturated carbocycles. The molecule has 0 heterocycles. The minimum atomic E-state index is -0.873. The number of rotatable bonds is 6. The van der Waals surface area contributed by atoms with Gasteiger partial charge in [0.05, 0.1) is 6.61 Å². The van der Waals surface area contributed by atoms with Gasteiger partial charge >= 0.3 is 23.9 Å². The molecular weight excluding hydrogens is 308 g/mol. The van der Waals surface area contributed by atoms with Gasteiger partial charge in [-0.25, -0.2) is 0 Å². The first-order chi connectivity index (χ1) is 10.7. The number of hydrogen-bond acceptors (Lipinski definition) is 8. The van der Waals surface area contributed by atoms with Gasteiger partial charge in [0.2, 0.25) is 0 Å². The summed E-state index contributed by atoms with van der Waals surface area (Å²) in [5.41, 5.74) is 0. The van der Waals surface area contributed by atoms with E-state index in [1.807, 2.05) is 0 Å². The van der Waals surface area contributed by atoms with Gasteiger partial charge in [0, 0.05) is 33.6 Å². The van der Waals surface area contributed by atoms with E-state index in [4.69, 9.17) is 18.9 Å². The summed E-state index contributed by atoms with van der Waals surface area (Å²) in [5, 5.41) is 0. The molecule has 0 bridgehead atoms. The van der Waals surface area contributed by atoms with Gasteiger partial charge in [-0.15, -0.1) is 0 Å². The van der Waals surface area contributed by atoms with E-state index in [9.17, 15) is 19.2 Å². The Kier molecular flexibility index (Phi) is 6.99. The second-order valence-electron chi connectivity index (χ2n) is 5.42. The highest BCUT2D eigenvalue weighted by Crippen LogP contribution is 2.36. The zero-order chi connectivity index (χ0) is 17.6. The topological polar surface area (TPSA) is 105 Å². The summed E-state index contributed by atoms with van der Waals surface area (Å²) >= 11 is 0. The van der Waals surface area contributed by atoms with Gasteiger partial charge in [0.1, 0.15) is 12.2 Å². The third-order valence-electron chi connectivity index (χ3n) is 3.41. The van der Waals surface area contributed by atoms with Crippen molar-refractivity contribution in [1.82, 2.24) is 0 Å². The van der Waals surface area contributed by atoms with Gasteiger partial charge < -0.3 is 18.9 Å². The maximum Gasteiger partial charge on any atom is 0.303 e. The smallest absolute Gasteiger partial charge is 0.303 e. The van der Waals surface area contributed by atoms with Crippen molar-refractivity contribution in [2.24, 2.45) is 5.92 Å². The molecule has 0 N–H and O–H groups in total. The fourth-order valence-corrected chi connectivity index (χ4v) is 2.70. The number of carbonyl (C=O) groups is 4. The molecule has 1 fully saturated rings. The minimum absolute atomic E-state index is 0.136. The molecule has 0 aromatic carbocycles. The van der Waals surface area contributed by atoms with Crippen LogP contribution in [0.25, 0.3) is 0 Å². The van der Waals surface area contributed by atoms with E-state index in [1.54, 1.807) is 0 Å². The zero-order valence-electron chi connectivity index (χ0n) is 13.7. The molecule has 0 saturated heterocycles. The normalized spacial score (nSPS) is 26.3. The molecular formula is C15H22O8.